The summed E-state index contributed by atoms with van der Waals surface area (Å²) in [5.74, 6) is 0.0300. The zero-order chi connectivity index (χ0) is 9.90. The maximum atomic E-state index is 11.3. The molecular formula is C9H18N2O2. The van der Waals surface area contributed by atoms with Crippen LogP contribution in [-0.2, 0) is 9.53 Å². The summed E-state index contributed by atoms with van der Waals surface area (Å²) in [4.78, 5) is 11.3. The highest BCUT2D eigenvalue weighted by molar-refractivity contribution is 5.78. The predicted molar refractivity (Wildman–Crippen MR) is 50.5 cm³/mol. The van der Waals surface area contributed by atoms with Crippen LogP contribution in [0.2, 0.25) is 0 Å². The van der Waals surface area contributed by atoms with Gasteiger partial charge in [-0.25, -0.2) is 0 Å². The van der Waals surface area contributed by atoms with Gasteiger partial charge in [-0.15, -0.1) is 0 Å². The number of ether oxygens (including phenoxy) is 1. The van der Waals surface area contributed by atoms with Gasteiger partial charge in [0.25, 0.3) is 0 Å². The first-order chi connectivity index (χ1) is 6.08. The Morgan fingerprint density at radius 3 is 2.85 bits per heavy atom. The molecule has 13 heavy (non-hydrogen) atoms. The van der Waals surface area contributed by atoms with Gasteiger partial charge in [0.15, 0.2) is 0 Å². The molecule has 0 spiro atoms. The maximum absolute atomic E-state index is 11.3. The van der Waals surface area contributed by atoms with Gasteiger partial charge in [0.05, 0.1) is 18.2 Å². The van der Waals surface area contributed by atoms with Crippen molar-refractivity contribution in [2.24, 2.45) is 0 Å². The van der Waals surface area contributed by atoms with Crippen molar-refractivity contribution in [1.82, 2.24) is 10.6 Å². The molecule has 0 aromatic heterocycles. The zero-order valence-corrected chi connectivity index (χ0v) is 8.52. The van der Waals surface area contributed by atoms with Crippen LogP contribution in [0.5, 0.6) is 0 Å². The summed E-state index contributed by atoms with van der Waals surface area (Å²) >= 11 is 0. The fraction of sp³-hybridized carbons (Fsp3) is 0.889. The molecule has 76 valence electrons. The normalized spacial score (nSPS) is 33.3. The van der Waals surface area contributed by atoms with Crippen LogP contribution in [0, 0.1) is 0 Å². The molecule has 0 radical (unpaired) electrons. The first-order valence-corrected chi connectivity index (χ1v) is 4.66. The van der Waals surface area contributed by atoms with Crippen LogP contribution in [0.4, 0.5) is 0 Å². The van der Waals surface area contributed by atoms with Crippen molar-refractivity contribution in [3.63, 3.8) is 0 Å². The van der Waals surface area contributed by atoms with Crippen molar-refractivity contribution >= 4 is 5.91 Å². The molecule has 2 unspecified atom stereocenters. The number of carbonyl (C=O) groups is 1. The molecule has 0 saturated carbocycles. The van der Waals surface area contributed by atoms with Crippen molar-refractivity contribution in [1.29, 1.82) is 0 Å². The van der Waals surface area contributed by atoms with Crippen LogP contribution in [-0.4, -0.2) is 37.7 Å². The minimum atomic E-state index is -0.187. The molecule has 0 aromatic carbocycles. The summed E-state index contributed by atoms with van der Waals surface area (Å²) in [6.07, 6.45) is 0.997. The van der Waals surface area contributed by atoms with E-state index in [1.807, 2.05) is 13.8 Å². The predicted octanol–water partition coefficient (Wildman–Crippen LogP) is -0.111. The molecule has 2 N–H and O–H groups in total. The Balaban J connectivity index is 2.46. The molecule has 1 heterocycles. The molecular weight excluding hydrogens is 168 g/mol. The maximum Gasteiger partial charge on any atom is 0.234 e. The van der Waals surface area contributed by atoms with Gasteiger partial charge in [-0.1, -0.05) is 0 Å². The SMILES string of the molecule is CNCC(=O)NC1(C)CCOC1C. The van der Waals surface area contributed by atoms with Gasteiger partial charge in [0, 0.05) is 6.61 Å². The van der Waals surface area contributed by atoms with E-state index in [1.165, 1.54) is 0 Å². The van der Waals surface area contributed by atoms with Crippen LogP contribution in [0.1, 0.15) is 20.3 Å². The Labute approximate surface area is 79.0 Å². The van der Waals surface area contributed by atoms with Gasteiger partial charge < -0.3 is 15.4 Å². The molecule has 0 aliphatic carbocycles. The van der Waals surface area contributed by atoms with E-state index in [-0.39, 0.29) is 17.6 Å². The first kappa shape index (κ1) is 10.5. The summed E-state index contributed by atoms with van der Waals surface area (Å²) in [6.45, 7) is 5.12. The van der Waals surface area contributed by atoms with Crippen molar-refractivity contribution in [3.05, 3.63) is 0 Å². The van der Waals surface area contributed by atoms with Crippen LogP contribution in [0.15, 0.2) is 0 Å². The summed E-state index contributed by atoms with van der Waals surface area (Å²) in [7, 11) is 1.76. The second-order valence-electron chi connectivity index (χ2n) is 3.76. The zero-order valence-electron chi connectivity index (χ0n) is 8.52. The molecule has 1 fully saturated rings. The summed E-state index contributed by atoms with van der Waals surface area (Å²) < 4.78 is 5.41. The lowest BCUT2D eigenvalue weighted by Gasteiger charge is -2.28. The van der Waals surface area contributed by atoms with E-state index in [0.717, 1.165) is 13.0 Å². The summed E-state index contributed by atoms with van der Waals surface area (Å²) in [5.41, 5.74) is -0.187. The second kappa shape index (κ2) is 4.07. The standard InChI is InChI=1S/C9H18N2O2/c1-7-9(2,4-5-13-7)11-8(12)6-10-3/h7,10H,4-6H2,1-3H3,(H,11,12). The Kier molecular flexibility index (Phi) is 3.27. The topological polar surface area (TPSA) is 50.4 Å². The Bertz CT molecular complexity index is 196. The third-order valence-corrected chi connectivity index (χ3v) is 2.65. The number of nitrogens with one attached hydrogen (secondary N) is 2. The Morgan fingerprint density at radius 2 is 2.38 bits per heavy atom. The van der Waals surface area contributed by atoms with E-state index in [0.29, 0.717) is 6.54 Å². The smallest absolute Gasteiger partial charge is 0.234 e. The van der Waals surface area contributed by atoms with E-state index >= 15 is 0 Å². The van der Waals surface area contributed by atoms with Crippen LogP contribution >= 0.6 is 0 Å². The monoisotopic (exact) mass is 186 g/mol. The van der Waals surface area contributed by atoms with Gasteiger partial charge in [0.2, 0.25) is 5.91 Å². The minimum absolute atomic E-state index is 0.0300. The highest BCUT2D eigenvalue weighted by Gasteiger charge is 2.37. The first-order valence-electron chi connectivity index (χ1n) is 4.66. The number of hydrogen-bond donors (Lipinski definition) is 2. The van der Waals surface area contributed by atoms with Gasteiger partial charge in [0.1, 0.15) is 0 Å². The third-order valence-electron chi connectivity index (χ3n) is 2.65. The summed E-state index contributed by atoms with van der Waals surface area (Å²) in [5, 5.41) is 5.80. The Morgan fingerprint density at radius 1 is 1.69 bits per heavy atom. The van der Waals surface area contributed by atoms with Crippen LogP contribution in [0.25, 0.3) is 0 Å². The van der Waals surface area contributed by atoms with Gasteiger partial charge in [-0.3, -0.25) is 4.79 Å². The molecule has 0 bridgehead atoms. The second-order valence-corrected chi connectivity index (χ2v) is 3.76. The van der Waals surface area contributed by atoms with Gasteiger partial charge in [-0.05, 0) is 27.3 Å². The molecule has 1 aliphatic rings. The quantitative estimate of drug-likeness (QED) is 0.646. The minimum Gasteiger partial charge on any atom is -0.376 e. The highest BCUT2D eigenvalue weighted by Crippen LogP contribution is 2.24. The van der Waals surface area contributed by atoms with Gasteiger partial charge in [-0.2, -0.15) is 0 Å². The Hall–Kier alpha value is -0.610. The van der Waals surface area contributed by atoms with Crippen molar-refractivity contribution in [2.45, 2.75) is 31.9 Å². The van der Waals surface area contributed by atoms with E-state index in [1.54, 1.807) is 7.05 Å². The fourth-order valence-corrected chi connectivity index (χ4v) is 1.52. The lowest BCUT2D eigenvalue weighted by atomic mass is 9.95. The molecule has 1 aliphatic heterocycles. The van der Waals surface area contributed by atoms with E-state index < -0.39 is 0 Å². The van der Waals surface area contributed by atoms with E-state index in [9.17, 15) is 4.79 Å². The average molecular weight is 186 g/mol. The molecule has 2 atom stereocenters. The highest BCUT2D eigenvalue weighted by atomic mass is 16.5. The fourth-order valence-electron chi connectivity index (χ4n) is 1.52. The van der Waals surface area contributed by atoms with E-state index in [2.05, 4.69) is 10.6 Å². The van der Waals surface area contributed by atoms with E-state index in [4.69, 9.17) is 4.74 Å². The molecule has 4 heteroatoms. The van der Waals surface area contributed by atoms with Crippen molar-refractivity contribution in [3.8, 4) is 0 Å². The number of likely N-dealkylation sites (N-methyl/N-ethyl adjacent to an activating group) is 1. The van der Waals surface area contributed by atoms with Gasteiger partial charge >= 0.3 is 0 Å². The lowest BCUT2D eigenvalue weighted by Crippen LogP contribution is -2.52. The lowest BCUT2D eigenvalue weighted by molar-refractivity contribution is -0.122. The molecule has 4 nitrogen and oxygen atoms in total. The van der Waals surface area contributed by atoms with Crippen molar-refractivity contribution in [2.75, 3.05) is 20.2 Å². The largest absolute Gasteiger partial charge is 0.376 e. The number of carbonyl (C=O) groups excluding carboxylic acids is 1. The average Bonchev–Trinajstić information content (AvgIpc) is 2.32. The summed E-state index contributed by atoms with van der Waals surface area (Å²) in [6, 6.07) is 0. The van der Waals surface area contributed by atoms with Crippen molar-refractivity contribution < 1.29 is 9.53 Å². The molecule has 1 saturated heterocycles. The van der Waals surface area contributed by atoms with Crippen LogP contribution in [0.3, 0.4) is 0 Å². The number of hydrogen-bond acceptors (Lipinski definition) is 3. The third kappa shape index (κ3) is 2.42. The molecule has 0 aromatic rings. The molecule has 1 amide bonds. The van der Waals surface area contributed by atoms with Crippen LogP contribution < -0.4 is 10.6 Å². The molecule has 1 rings (SSSR count). The number of amides is 1. The number of rotatable bonds is 3.